The van der Waals surface area contributed by atoms with Gasteiger partial charge in [0.15, 0.2) is 0 Å². The summed E-state index contributed by atoms with van der Waals surface area (Å²) in [6.07, 6.45) is 1.48. The summed E-state index contributed by atoms with van der Waals surface area (Å²) in [6.45, 7) is 1.81. The average Bonchev–Trinajstić information content (AvgIpc) is 3.04. The van der Waals surface area contributed by atoms with Crippen LogP contribution in [0.2, 0.25) is 0 Å². The van der Waals surface area contributed by atoms with Gasteiger partial charge >= 0.3 is 0 Å². The lowest BCUT2D eigenvalue weighted by Crippen LogP contribution is -2.12. The van der Waals surface area contributed by atoms with Gasteiger partial charge in [-0.3, -0.25) is 4.79 Å². The highest BCUT2D eigenvalue weighted by Gasteiger charge is 2.11. The molecule has 2 N–H and O–H groups in total. The number of aromatic nitrogens is 2. The Morgan fingerprint density at radius 2 is 1.65 bits per heavy atom. The summed E-state index contributed by atoms with van der Waals surface area (Å²) < 4.78 is 5.06. The highest BCUT2D eigenvalue weighted by molar-refractivity contribution is 6.05. The van der Waals surface area contributed by atoms with Gasteiger partial charge in [0.05, 0.1) is 16.6 Å². The van der Waals surface area contributed by atoms with E-state index in [2.05, 4.69) is 20.8 Å². The molecule has 0 aliphatic carbocycles. The van der Waals surface area contributed by atoms with Crippen molar-refractivity contribution in [3.05, 3.63) is 78.1 Å². The molecule has 0 bridgehead atoms. The van der Waals surface area contributed by atoms with E-state index in [1.165, 1.54) is 6.20 Å². The molecule has 6 nitrogen and oxygen atoms in total. The van der Waals surface area contributed by atoms with E-state index < -0.39 is 0 Å². The van der Waals surface area contributed by atoms with Gasteiger partial charge < -0.3 is 15.2 Å². The number of carbonyl (C=O) groups excluding carboxylic acids is 1. The molecule has 2 aromatic carbocycles. The van der Waals surface area contributed by atoms with Crippen molar-refractivity contribution < 1.29 is 9.32 Å². The first-order chi connectivity index (χ1) is 12.7. The lowest BCUT2D eigenvalue weighted by Gasteiger charge is -2.08. The molecular formula is C20H16N4O2. The van der Waals surface area contributed by atoms with Crippen molar-refractivity contribution in [3.63, 3.8) is 0 Å². The number of hydrogen-bond acceptors (Lipinski definition) is 5. The molecule has 4 rings (SSSR count). The molecule has 6 heteroatoms. The molecule has 2 heterocycles. The molecule has 1 amide bonds. The zero-order valence-electron chi connectivity index (χ0n) is 14.1. The average molecular weight is 344 g/mol. The molecular weight excluding hydrogens is 328 g/mol. The van der Waals surface area contributed by atoms with Gasteiger partial charge in [-0.2, -0.15) is 0 Å². The molecule has 0 radical (unpaired) electrons. The Bertz CT molecular complexity index is 1060. The first kappa shape index (κ1) is 15.8. The van der Waals surface area contributed by atoms with Crippen LogP contribution in [0.4, 0.5) is 17.1 Å². The molecule has 0 atom stereocenters. The van der Waals surface area contributed by atoms with Crippen molar-refractivity contribution in [1.82, 2.24) is 10.1 Å². The van der Waals surface area contributed by atoms with E-state index in [4.69, 9.17) is 4.52 Å². The van der Waals surface area contributed by atoms with Crippen LogP contribution >= 0.6 is 0 Å². The molecule has 2 aromatic heterocycles. The Morgan fingerprint density at radius 1 is 0.962 bits per heavy atom. The second-order valence-corrected chi connectivity index (χ2v) is 5.87. The van der Waals surface area contributed by atoms with Crippen LogP contribution in [0, 0.1) is 6.92 Å². The van der Waals surface area contributed by atoms with Crippen molar-refractivity contribution in [2.24, 2.45) is 0 Å². The number of fused-ring (bicyclic) bond motifs is 1. The van der Waals surface area contributed by atoms with Crippen molar-refractivity contribution in [2.75, 3.05) is 10.6 Å². The highest BCUT2D eigenvalue weighted by Crippen LogP contribution is 2.20. The van der Waals surface area contributed by atoms with E-state index in [0.717, 1.165) is 16.8 Å². The Kier molecular flexibility index (Phi) is 4.07. The third-order valence-electron chi connectivity index (χ3n) is 3.98. The molecule has 0 spiro atoms. The maximum absolute atomic E-state index is 12.4. The minimum Gasteiger partial charge on any atom is -0.356 e. The van der Waals surface area contributed by atoms with Crippen LogP contribution in [-0.4, -0.2) is 16.0 Å². The highest BCUT2D eigenvalue weighted by atomic mass is 16.5. The number of benzene rings is 2. The fraction of sp³-hybridized carbons (Fsp3) is 0.0500. The van der Waals surface area contributed by atoms with Gasteiger partial charge in [-0.15, -0.1) is 0 Å². The SMILES string of the molecule is Cc1noc2ncc(C(=O)Nc3ccc(Nc4ccccc4)cc3)cc12. The maximum Gasteiger partial charge on any atom is 0.257 e. The molecule has 0 fully saturated rings. The minimum absolute atomic E-state index is 0.233. The van der Waals surface area contributed by atoms with E-state index in [1.54, 1.807) is 6.07 Å². The van der Waals surface area contributed by atoms with Crippen LogP contribution in [0.5, 0.6) is 0 Å². The normalized spacial score (nSPS) is 10.7. The lowest BCUT2D eigenvalue weighted by molar-refractivity contribution is 0.102. The zero-order valence-corrected chi connectivity index (χ0v) is 14.1. The van der Waals surface area contributed by atoms with Crippen molar-refractivity contribution in [3.8, 4) is 0 Å². The smallest absolute Gasteiger partial charge is 0.257 e. The Balaban J connectivity index is 1.47. The fourth-order valence-electron chi connectivity index (χ4n) is 2.60. The van der Waals surface area contributed by atoms with Crippen LogP contribution in [0.25, 0.3) is 11.1 Å². The van der Waals surface area contributed by atoms with Crippen molar-refractivity contribution >= 4 is 34.1 Å². The second kappa shape index (κ2) is 6.68. The van der Waals surface area contributed by atoms with Gasteiger partial charge in [-0.1, -0.05) is 23.4 Å². The third-order valence-corrected chi connectivity index (χ3v) is 3.98. The van der Waals surface area contributed by atoms with Gasteiger partial charge in [0.2, 0.25) is 0 Å². The van der Waals surface area contributed by atoms with Crippen LogP contribution in [0.1, 0.15) is 16.1 Å². The van der Waals surface area contributed by atoms with E-state index in [9.17, 15) is 4.79 Å². The summed E-state index contributed by atoms with van der Waals surface area (Å²) in [6, 6.07) is 19.1. The molecule has 0 unspecified atom stereocenters. The Labute approximate surface area is 149 Å². The number of aryl methyl sites for hydroxylation is 1. The number of amides is 1. The number of hydrogen-bond donors (Lipinski definition) is 2. The monoisotopic (exact) mass is 344 g/mol. The molecule has 26 heavy (non-hydrogen) atoms. The zero-order chi connectivity index (χ0) is 17.9. The number of nitrogens with zero attached hydrogens (tertiary/aromatic N) is 2. The van der Waals surface area contributed by atoms with Gasteiger partial charge in [-0.25, -0.2) is 4.98 Å². The summed E-state index contributed by atoms with van der Waals surface area (Å²) in [5.74, 6) is -0.233. The molecule has 0 aliphatic rings. The standard InChI is InChI=1S/C20H16N4O2/c1-13-18-11-14(12-21-20(18)26-24-13)19(25)23-17-9-7-16(8-10-17)22-15-5-3-2-4-6-15/h2-12,22H,1H3,(H,23,25). The summed E-state index contributed by atoms with van der Waals surface area (Å²) in [7, 11) is 0. The molecule has 128 valence electrons. The van der Waals surface area contributed by atoms with Gasteiger partial charge in [0.25, 0.3) is 11.6 Å². The predicted octanol–water partition coefficient (Wildman–Crippen LogP) is 4.53. The Hall–Kier alpha value is -3.67. The first-order valence-corrected chi connectivity index (χ1v) is 8.14. The quantitative estimate of drug-likeness (QED) is 0.569. The topological polar surface area (TPSA) is 80.0 Å². The number of pyridine rings is 1. The number of nitrogens with one attached hydrogen (secondary N) is 2. The fourth-order valence-corrected chi connectivity index (χ4v) is 2.60. The minimum atomic E-state index is -0.233. The van der Waals surface area contributed by atoms with Crippen LogP contribution < -0.4 is 10.6 Å². The maximum atomic E-state index is 12.4. The van der Waals surface area contributed by atoms with E-state index >= 15 is 0 Å². The van der Waals surface area contributed by atoms with Crippen LogP contribution in [-0.2, 0) is 0 Å². The Morgan fingerprint density at radius 3 is 2.42 bits per heavy atom. The molecule has 0 saturated heterocycles. The number of para-hydroxylation sites is 1. The molecule has 0 aliphatic heterocycles. The number of anilines is 3. The van der Waals surface area contributed by atoms with Crippen molar-refractivity contribution in [2.45, 2.75) is 6.92 Å². The van der Waals surface area contributed by atoms with E-state index in [1.807, 2.05) is 61.5 Å². The number of carbonyl (C=O) groups is 1. The first-order valence-electron chi connectivity index (χ1n) is 8.14. The second-order valence-electron chi connectivity index (χ2n) is 5.87. The van der Waals surface area contributed by atoms with Crippen LogP contribution in [0.15, 0.2) is 71.4 Å². The van der Waals surface area contributed by atoms with Crippen LogP contribution in [0.3, 0.4) is 0 Å². The van der Waals surface area contributed by atoms with Gasteiger partial charge in [-0.05, 0) is 49.4 Å². The summed E-state index contributed by atoms with van der Waals surface area (Å²) in [5.41, 5.74) is 4.24. The van der Waals surface area contributed by atoms with Crippen molar-refractivity contribution in [1.29, 1.82) is 0 Å². The summed E-state index contributed by atoms with van der Waals surface area (Å²) >= 11 is 0. The predicted molar refractivity (Wildman–Crippen MR) is 101 cm³/mol. The van der Waals surface area contributed by atoms with Gasteiger partial charge in [0, 0.05) is 23.3 Å². The summed E-state index contributed by atoms with van der Waals surface area (Å²) in [4.78, 5) is 16.6. The molecule has 4 aromatic rings. The largest absolute Gasteiger partial charge is 0.356 e. The van der Waals surface area contributed by atoms with E-state index in [0.29, 0.717) is 22.7 Å². The lowest BCUT2D eigenvalue weighted by atomic mass is 10.2. The van der Waals surface area contributed by atoms with E-state index in [-0.39, 0.29) is 5.91 Å². The summed E-state index contributed by atoms with van der Waals surface area (Å²) in [5, 5.41) is 10.8. The number of rotatable bonds is 4. The third kappa shape index (κ3) is 3.25. The van der Waals surface area contributed by atoms with Gasteiger partial charge in [0.1, 0.15) is 0 Å². The molecule has 0 saturated carbocycles.